The molecule has 1 aromatic rings. The predicted molar refractivity (Wildman–Crippen MR) is 73.7 cm³/mol. The number of hydrogen-bond acceptors (Lipinski definition) is 3. The highest BCUT2D eigenvalue weighted by Gasteiger charge is 2.20. The van der Waals surface area contributed by atoms with E-state index < -0.39 is 5.97 Å². The van der Waals surface area contributed by atoms with Crippen molar-refractivity contribution in [3.8, 4) is 5.75 Å². The van der Waals surface area contributed by atoms with E-state index in [2.05, 4.69) is 11.8 Å². The van der Waals surface area contributed by atoms with Gasteiger partial charge in [0.15, 0.2) is 0 Å². The van der Waals surface area contributed by atoms with Crippen molar-refractivity contribution in [1.82, 2.24) is 4.90 Å². The molecule has 19 heavy (non-hydrogen) atoms. The molecule has 0 bridgehead atoms. The first kappa shape index (κ1) is 13.9. The summed E-state index contributed by atoms with van der Waals surface area (Å²) in [6.45, 7) is 5.90. The number of hydrogen-bond donors (Lipinski definition) is 1. The third-order valence-electron chi connectivity index (χ3n) is 3.73. The van der Waals surface area contributed by atoms with Gasteiger partial charge in [0.2, 0.25) is 0 Å². The highest BCUT2D eigenvalue weighted by molar-refractivity contribution is 5.90. The SMILES string of the molecule is CCC1CCN(CCOc2ccccc2C(=O)O)C1. The zero-order valence-electron chi connectivity index (χ0n) is 11.3. The van der Waals surface area contributed by atoms with Crippen molar-refractivity contribution in [2.75, 3.05) is 26.2 Å². The minimum Gasteiger partial charge on any atom is -0.491 e. The van der Waals surface area contributed by atoms with Crippen LogP contribution in [0, 0.1) is 5.92 Å². The van der Waals surface area contributed by atoms with Gasteiger partial charge in [-0.15, -0.1) is 0 Å². The molecule has 1 aliphatic rings. The zero-order valence-corrected chi connectivity index (χ0v) is 11.3. The van der Waals surface area contributed by atoms with Crippen LogP contribution in [-0.4, -0.2) is 42.2 Å². The number of aromatic carboxylic acids is 1. The Labute approximate surface area is 114 Å². The molecular weight excluding hydrogens is 242 g/mol. The number of likely N-dealkylation sites (tertiary alicyclic amines) is 1. The average molecular weight is 263 g/mol. The van der Waals surface area contributed by atoms with Crippen LogP contribution in [0.5, 0.6) is 5.75 Å². The fraction of sp³-hybridized carbons (Fsp3) is 0.533. The van der Waals surface area contributed by atoms with Crippen molar-refractivity contribution in [2.45, 2.75) is 19.8 Å². The Bertz CT molecular complexity index is 433. The standard InChI is InChI=1S/C15H21NO3/c1-2-12-7-8-16(11-12)9-10-19-14-6-4-3-5-13(14)15(17)18/h3-6,12H,2,7-11H2,1H3,(H,17,18). The maximum absolute atomic E-state index is 11.0. The third-order valence-corrected chi connectivity index (χ3v) is 3.73. The molecule has 1 atom stereocenters. The van der Waals surface area contributed by atoms with Gasteiger partial charge < -0.3 is 9.84 Å². The summed E-state index contributed by atoms with van der Waals surface area (Å²) in [6.07, 6.45) is 2.50. The summed E-state index contributed by atoms with van der Waals surface area (Å²) in [6, 6.07) is 6.79. The molecule has 1 aromatic carbocycles. The fourth-order valence-corrected chi connectivity index (χ4v) is 2.50. The van der Waals surface area contributed by atoms with Gasteiger partial charge in [0, 0.05) is 13.1 Å². The summed E-state index contributed by atoms with van der Waals surface area (Å²) in [5, 5.41) is 9.05. The van der Waals surface area contributed by atoms with Crippen LogP contribution >= 0.6 is 0 Å². The van der Waals surface area contributed by atoms with Gasteiger partial charge in [-0.25, -0.2) is 4.79 Å². The molecule has 1 saturated heterocycles. The Hall–Kier alpha value is -1.55. The molecule has 1 fully saturated rings. The monoisotopic (exact) mass is 263 g/mol. The third kappa shape index (κ3) is 3.70. The van der Waals surface area contributed by atoms with Crippen molar-refractivity contribution in [3.05, 3.63) is 29.8 Å². The second kappa shape index (κ2) is 6.57. The van der Waals surface area contributed by atoms with E-state index in [4.69, 9.17) is 9.84 Å². The Morgan fingerprint density at radius 1 is 1.47 bits per heavy atom. The number of rotatable bonds is 6. The van der Waals surface area contributed by atoms with E-state index in [1.807, 2.05) is 0 Å². The first-order chi connectivity index (χ1) is 9.20. The molecule has 4 heteroatoms. The maximum Gasteiger partial charge on any atom is 0.339 e. The molecule has 2 rings (SSSR count). The summed E-state index contributed by atoms with van der Waals surface area (Å²) < 4.78 is 5.61. The van der Waals surface area contributed by atoms with Crippen molar-refractivity contribution in [3.63, 3.8) is 0 Å². The summed E-state index contributed by atoms with van der Waals surface area (Å²) >= 11 is 0. The molecule has 1 N–H and O–H groups in total. The minimum absolute atomic E-state index is 0.232. The lowest BCUT2D eigenvalue weighted by molar-refractivity contribution is 0.0691. The summed E-state index contributed by atoms with van der Waals surface area (Å²) in [5.41, 5.74) is 0.232. The highest BCUT2D eigenvalue weighted by atomic mass is 16.5. The largest absolute Gasteiger partial charge is 0.491 e. The molecule has 104 valence electrons. The number of nitrogens with zero attached hydrogens (tertiary/aromatic N) is 1. The van der Waals surface area contributed by atoms with E-state index in [-0.39, 0.29) is 5.56 Å². The highest BCUT2D eigenvalue weighted by Crippen LogP contribution is 2.20. The molecule has 0 radical (unpaired) electrons. The van der Waals surface area contributed by atoms with Crippen LogP contribution in [0.15, 0.2) is 24.3 Å². The van der Waals surface area contributed by atoms with Gasteiger partial charge in [-0.3, -0.25) is 4.90 Å². The lowest BCUT2D eigenvalue weighted by Gasteiger charge is -2.16. The van der Waals surface area contributed by atoms with Gasteiger partial charge in [-0.05, 0) is 31.0 Å². The fourth-order valence-electron chi connectivity index (χ4n) is 2.50. The molecule has 0 saturated carbocycles. The van der Waals surface area contributed by atoms with Crippen LogP contribution in [0.1, 0.15) is 30.1 Å². The number of carboxylic acids is 1. The lowest BCUT2D eigenvalue weighted by Crippen LogP contribution is -2.26. The number of carboxylic acid groups (broad SMARTS) is 1. The van der Waals surface area contributed by atoms with E-state index in [1.54, 1.807) is 24.3 Å². The molecule has 0 aliphatic carbocycles. The Balaban J connectivity index is 1.82. The first-order valence-corrected chi connectivity index (χ1v) is 6.88. The smallest absolute Gasteiger partial charge is 0.339 e. The Morgan fingerprint density at radius 3 is 2.95 bits per heavy atom. The Morgan fingerprint density at radius 2 is 2.26 bits per heavy atom. The van der Waals surface area contributed by atoms with Crippen LogP contribution in [0.25, 0.3) is 0 Å². The minimum atomic E-state index is -0.942. The summed E-state index contributed by atoms with van der Waals surface area (Å²) in [7, 11) is 0. The van der Waals surface area contributed by atoms with Gasteiger partial charge in [-0.1, -0.05) is 25.5 Å². The Kier molecular flexibility index (Phi) is 4.80. The molecule has 0 spiro atoms. The molecule has 0 aromatic heterocycles. The first-order valence-electron chi connectivity index (χ1n) is 6.88. The molecular formula is C15H21NO3. The van der Waals surface area contributed by atoms with Gasteiger partial charge >= 0.3 is 5.97 Å². The van der Waals surface area contributed by atoms with E-state index in [0.717, 1.165) is 25.6 Å². The zero-order chi connectivity index (χ0) is 13.7. The van der Waals surface area contributed by atoms with Crippen LogP contribution in [0.4, 0.5) is 0 Å². The van der Waals surface area contributed by atoms with E-state index in [0.29, 0.717) is 12.4 Å². The predicted octanol–water partition coefficient (Wildman–Crippen LogP) is 2.50. The quantitative estimate of drug-likeness (QED) is 0.856. The number of ether oxygens (including phenoxy) is 1. The van der Waals surface area contributed by atoms with E-state index in [1.165, 1.54) is 12.8 Å². The van der Waals surface area contributed by atoms with Gasteiger partial charge in [0.05, 0.1) is 0 Å². The number of para-hydroxylation sites is 1. The normalized spacial score (nSPS) is 19.5. The maximum atomic E-state index is 11.0. The molecule has 1 unspecified atom stereocenters. The van der Waals surface area contributed by atoms with Crippen LogP contribution < -0.4 is 4.74 Å². The second-order valence-corrected chi connectivity index (χ2v) is 5.01. The number of carbonyl (C=O) groups is 1. The summed E-state index contributed by atoms with van der Waals surface area (Å²) in [5.74, 6) is 0.329. The molecule has 0 amide bonds. The molecule has 4 nitrogen and oxygen atoms in total. The second-order valence-electron chi connectivity index (χ2n) is 5.01. The van der Waals surface area contributed by atoms with Crippen LogP contribution in [0.3, 0.4) is 0 Å². The van der Waals surface area contributed by atoms with Gasteiger partial charge in [0.25, 0.3) is 0 Å². The number of benzene rings is 1. The van der Waals surface area contributed by atoms with E-state index in [9.17, 15) is 4.79 Å². The summed E-state index contributed by atoms with van der Waals surface area (Å²) in [4.78, 5) is 13.4. The van der Waals surface area contributed by atoms with Gasteiger partial charge in [0.1, 0.15) is 17.9 Å². The van der Waals surface area contributed by atoms with Crippen molar-refractivity contribution in [2.24, 2.45) is 5.92 Å². The van der Waals surface area contributed by atoms with Crippen molar-refractivity contribution in [1.29, 1.82) is 0 Å². The van der Waals surface area contributed by atoms with Crippen molar-refractivity contribution < 1.29 is 14.6 Å². The average Bonchev–Trinajstić information content (AvgIpc) is 2.87. The van der Waals surface area contributed by atoms with Crippen molar-refractivity contribution >= 4 is 5.97 Å². The van der Waals surface area contributed by atoms with Crippen LogP contribution in [0.2, 0.25) is 0 Å². The lowest BCUT2D eigenvalue weighted by atomic mass is 10.1. The van der Waals surface area contributed by atoms with Gasteiger partial charge in [-0.2, -0.15) is 0 Å². The molecule has 1 aliphatic heterocycles. The topological polar surface area (TPSA) is 49.8 Å². The van der Waals surface area contributed by atoms with Crippen LogP contribution in [-0.2, 0) is 0 Å². The van der Waals surface area contributed by atoms with E-state index >= 15 is 0 Å². The molecule has 1 heterocycles.